The van der Waals surface area contributed by atoms with Gasteiger partial charge in [-0.15, -0.1) is 0 Å². The Bertz CT molecular complexity index is 1050. The number of H-pyrrole nitrogens is 1. The molecule has 2 heterocycles. The van der Waals surface area contributed by atoms with Gasteiger partial charge in [0.25, 0.3) is 5.69 Å². The second-order valence-electron chi connectivity index (χ2n) is 6.82. The van der Waals surface area contributed by atoms with Crippen LogP contribution in [-0.2, 0) is 17.6 Å². The fraction of sp³-hybridized carbons (Fsp3) is 0.250. The van der Waals surface area contributed by atoms with E-state index >= 15 is 0 Å². The molecule has 7 heteroatoms. The SMILES string of the molecule is NCCCCc1ccc2c(c1)-c1[nH]c3ccc([N+](=O)[O-])cc3c1CC(=O)N2. The first-order valence-electron chi connectivity index (χ1n) is 8.99. The zero-order valence-corrected chi connectivity index (χ0v) is 14.7. The fourth-order valence-corrected chi connectivity index (χ4v) is 3.65. The lowest BCUT2D eigenvalue weighted by molar-refractivity contribution is -0.384. The van der Waals surface area contributed by atoms with Gasteiger partial charge in [0.05, 0.1) is 22.7 Å². The highest BCUT2D eigenvalue weighted by molar-refractivity contribution is 6.05. The van der Waals surface area contributed by atoms with Gasteiger partial charge in [-0.25, -0.2) is 0 Å². The van der Waals surface area contributed by atoms with Gasteiger partial charge < -0.3 is 16.0 Å². The summed E-state index contributed by atoms with van der Waals surface area (Å²) < 4.78 is 0. The number of nitrogens with two attached hydrogens (primary N) is 1. The van der Waals surface area contributed by atoms with Crippen molar-refractivity contribution >= 4 is 28.2 Å². The van der Waals surface area contributed by atoms with Gasteiger partial charge in [-0.2, -0.15) is 0 Å². The Kier molecular flexibility index (Phi) is 4.37. The Morgan fingerprint density at radius 3 is 2.78 bits per heavy atom. The number of amides is 1. The van der Waals surface area contributed by atoms with E-state index in [0.29, 0.717) is 6.54 Å². The van der Waals surface area contributed by atoms with Crippen LogP contribution in [0.5, 0.6) is 0 Å². The average molecular weight is 364 g/mol. The topological polar surface area (TPSA) is 114 Å². The van der Waals surface area contributed by atoms with Gasteiger partial charge in [0.15, 0.2) is 0 Å². The molecule has 0 unspecified atom stereocenters. The van der Waals surface area contributed by atoms with E-state index in [2.05, 4.69) is 16.4 Å². The molecule has 1 amide bonds. The number of nitro benzene ring substituents is 1. The Morgan fingerprint density at radius 1 is 1.15 bits per heavy atom. The zero-order chi connectivity index (χ0) is 19.0. The van der Waals surface area contributed by atoms with Crippen LogP contribution in [0, 0.1) is 10.1 Å². The molecule has 0 spiro atoms. The Labute approximate surface area is 155 Å². The first-order chi connectivity index (χ1) is 13.1. The van der Waals surface area contributed by atoms with Crippen LogP contribution in [0.15, 0.2) is 36.4 Å². The van der Waals surface area contributed by atoms with Crippen molar-refractivity contribution in [1.29, 1.82) is 0 Å². The highest BCUT2D eigenvalue weighted by Gasteiger charge is 2.24. The summed E-state index contributed by atoms with van der Waals surface area (Å²) in [4.78, 5) is 26.5. The predicted molar refractivity (Wildman–Crippen MR) is 105 cm³/mol. The standard InChI is InChI=1S/C20H20N4O3/c21-8-2-1-3-12-4-6-18-16(9-12)20-15(11-19(25)22-18)14-10-13(24(26)27)5-7-17(14)23-20/h4-7,9-10,23H,1-3,8,11,21H2,(H,22,25). The van der Waals surface area contributed by atoms with Gasteiger partial charge in [-0.1, -0.05) is 6.07 Å². The average Bonchev–Trinajstić information content (AvgIpc) is 2.93. The van der Waals surface area contributed by atoms with Gasteiger partial charge in [0.2, 0.25) is 5.91 Å². The molecule has 0 saturated carbocycles. The fourth-order valence-electron chi connectivity index (χ4n) is 3.65. The summed E-state index contributed by atoms with van der Waals surface area (Å²) in [5, 5.41) is 14.8. The van der Waals surface area contributed by atoms with Gasteiger partial charge in [-0.3, -0.25) is 14.9 Å². The molecule has 1 aromatic heterocycles. The van der Waals surface area contributed by atoms with E-state index in [9.17, 15) is 14.9 Å². The van der Waals surface area contributed by atoms with Crippen LogP contribution < -0.4 is 11.1 Å². The number of anilines is 1. The summed E-state index contributed by atoms with van der Waals surface area (Å²) in [5.74, 6) is -0.127. The number of aromatic amines is 1. The summed E-state index contributed by atoms with van der Waals surface area (Å²) >= 11 is 0. The number of nitro groups is 1. The van der Waals surface area contributed by atoms with Crippen molar-refractivity contribution in [2.45, 2.75) is 25.7 Å². The molecule has 1 aliphatic heterocycles. The summed E-state index contributed by atoms with van der Waals surface area (Å²) in [6, 6.07) is 10.7. The molecule has 0 fully saturated rings. The molecule has 4 N–H and O–H groups in total. The van der Waals surface area contributed by atoms with Crippen molar-refractivity contribution < 1.29 is 9.72 Å². The van der Waals surface area contributed by atoms with E-state index in [1.54, 1.807) is 6.07 Å². The number of hydrogen-bond acceptors (Lipinski definition) is 4. The highest BCUT2D eigenvalue weighted by Crippen LogP contribution is 2.39. The van der Waals surface area contributed by atoms with E-state index in [1.807, 2.05) is 12.1 Å². The minimum absolute atomic E-state index is 0.0183. The smallest absolute Gasteiger partial charge is 0.270 e. The molecule has 3 aromatic rings. The maximum absolute atomic E-state index is 12.4. The van der Waals surface area contributed by atoms with Crippen molar-refractivity contribution in [3.63, 3.8) is 0 Å². The van der Waals surface area contributed by atoms with Crippen molar-refractivity contribution in [1.82, 2.24) is 4.98 Å². The summed E-state index contributed by atoms with van der Waals surface area (Å²) in [5.41, 5.74) is 10.9. The van der Waals surface area contributed by atoms with E-state index in [1.165, 1.54) is 17.7 Å². The van der Waals surface area contributed by atoms with Gasteiger partial charge in [0.1, 0.15) is 0 Å². The first-order valence-corrected chi connectivity index (χ1v) is 8.99. The van der Waals surface area contributed by atoms with Crippen LogP contribution in [0.25, 0.3) is 22.2 Å². The third-order valence-electron chi connectivity index (χ3n) is 4.98. The molecule has 0 bridgehead atoms. The summed E-state index contributed by atoms with van der Waals surface area (Å²) in [6.45, 7) is 0.673. The Morgan fingerprint density at radius 2 is 2.00 bits per heavy atom. The number of nitrogens with one attached hydrogen (secondary N) is 2. The first kappa shape index (κ1) is 17.2. The minimum atomic E-state index is -0.418. The molecule has 0 saturated heterocycles. The molecule has 0 aliphatic carbocycles. The number of carbonyl (C=O) groups excluding carboxylic acids is 1. The van der Waals surface area contributed by atoms with E-state index in [4.69, 9.17) is 5.73 Å². The number of hydrogen-bond donors (Lipinski definition) is 3. The lowest BCUT2D eigenvalue weighted by Gasteiger charge is -2.10. The number of non-ortho nitro benzene ring substituents is 1. The van der Waals surface area contributed by atoms with Crippen molar-refractivity contribution in [2.75, 3.05) is 11.9 Å². The molecule has 138 valence electrons. The lowest BCUT2D eigenvalue weighted by atomic mass is 9.99. The predicted octanol–water partition coefficient (Wildman–Crippen LogP) is 3.52. The van der Waals surface area contributed by atoms with Crippen LogP contribution in [0.4, 0.5) is 11.4 Å². The van der Waals surface area contributed by atoms with Gasteiger partial charge in [0, 0.05) is 28.6 Å². The van der Waals surface area contributed by atoms with Crippen LogP contribution in [0.2, 0.25) is 0 Å². The quantitative estimate of drug-likeness (QED) is 0.365. The molecule has 2 aromatic carbocycles. The van der Waals surface area contributed by atoms with Crippen LogP contribution in [0.1, 0.15) is 24.0 Å². The maximum Gasteiger partial charge on any atom is 0.270 e. The minimum Gasteiger partial charge on any atom is -0.354 e. The van der Waals surface area contributed by atoms with Crippen LogP contribution in [0.3, 0.4) is 0 Å². The van der Waals surface area contributed by atoms with Crippen molar-refractivity contribution in [2.24, 2.45) is 5.73 Å². The third kappa shape index (κ3) is 3.17. The molecule has 1 aliphatic rings. The second-order valence-corrected chi connectivity index (χ2v) is 6.82. The van der Waals surface area contributed by atoms with E-state index in [0.717, 1.165) is 52.7 Å². The Balaban J connectivity index is 1.86. The van der Waals surface area contributed by atoms with E-state index < -0.39 is 4.92 Å². The number of fused-ring (bicyclic) bond motifs is 5. The molecule has 7 nitrogen and oxygen atoms in total. The van der Waals surface area contributed by atoms with Crippen molar-refractivity contribution in [3.8, 4) is 11.3 Å². The summed E-state index contributed by atoms with van der Waals surface area (Å²) in [6.07, 6.45) is 3.07. The second kappa shape index (κ2) is 6.85. The highest BCUT2D eigenvalue weighted by atomic mass is 16.6. The third-order valence-corrected chi connectivity index (χ3v) is 4.98. The summed E-state index contributed by atoms with van der Waals surface area (Å²) in [7, 11) is 0. The van der Waals surface area contributed by atoms with E-state index in [-0.39, 0.29) is 18.0 Å². The molecule has 4 rings (SSSR count). The number of nitrogens with zero attached hydrogens (tertiary/aromatic N) is 1. The molecular formula is C20H20N4O3. The number of aryl methyl sites for hydroxylation is 1. The maximum atomic E-state index is 12.4. The number of carbonyl (C=O) groups is 1. The van der Waals surface area contributed by atoms with Crippen LogP contribution >= 0.6 is 0 Å². The van der Waals surface area contributed by atoms with Gasteiger partial charge in [-0.05, 0) is 55.1 Å². The number of aromatic nitrogens is 1. The van der Waals surface area contributed by atoms with Crippen LogP contribution in [-0.4, -0.2) is 22.4 Å². The van der Waals surface area contributed by atoms with Gasteiger partial charge >= 0.3 is 0 Å². The monoisotopic (exact) mass is 364 g/mol. The number of rotatable bonds is 5. The lowest BCUT2D eigenvalue weighted by Crippen LogP contribution is -2.12. The molecule has 27 heavy (non-hydrogen) atoms. The molecule has 0 radical (unpaired) electrons. The normalized spacial score (nSPS) is 13.0. The molecular weight excluding hydrogens is 344 g/mol. The molecule has 0 atom stereocenters. The van der Waals surface area contributed by atoms with Crippen molar-refractivity contribution in [3.05, 3.63) is 57.6 Å². The largest absolute Gasteiger partial charge is 0.354 e. The number of benzene rings is 2. The zero-order valence-electron chi connectivity index (χ0n) is 14.7. The number of unbranched alkanes of at least 4 members (excludes halogenated alkanes) is 1. The Hall–Kier alpha value is -3.19.